The monoisotopic (exact) mass is 324 g/mol. The molecule has 4 nitrogen and oxygen atoms in total. The lowest BCUT2D eigenvalue weighted by molar-refractivity contribution is 0.102. The van der Waals surface area contributed by atoms with Crippen molar-refractivity contribution in [3.8, 4) is 11.5 Å². The Morgan fingerprint density at radius 3 is 2.52 bits per heavy atom. The number of aromatic nitrogens is 1. The minimum Gasteiger partial charge on any atom is -0.457 e. The number of rotatable bonds is 4. The molecule has 0 spiro atoms. The molecule has 114 valence electrons. The number of carbonyl (C=O) groups is 1. The fourth-order valence-electron chi connectivity index (χ4n) is 2.00. The summed E-state index contributed by atoms with van der Waals surface area (Å²) in [7, 11) is 0. The highest BCUT2D eigenvalue weighted by molar-refractivity contribution is 6.34. The fourth-order valence-corrected chi connectivity index (χ4v) is 2.26. The third-order valence-electron chi connectivity index (χ3n) is 3.08. The summed E-state index contributed by atoms with van der Waals surface area (Å²) in [5.74, 6) is 0.976. The van der Waals surface area contributed by atoms with Crippen LogP contribution in [0.5, 0.6) is 11.5 Å². The van der Waals surface area contributed by atoms with Gasteiger partial charge in [-0.1, -0.05) is 29.8 Å². The van der Waals surface area contributed by atoms with E-state index >= 15 is 0 Å². The second-order valence-corrected chi connectivity index (χ2v) is 5.16. The van der Waals surface area contributed by atoms with E-state index in [1.165, 1.54) is 0 Å². The highest BCUT2D eigenvalue weighted by atomic mass is 35.5. The standard InChI is InChI=1S/C18H13ClN2O2/c19-17-11-15(23-14-6-2-1-3-7-14)8-9-16(17)18(22)21-13-5-4-10-20-12-13/h1-12H,(H,21,22). The maximum atomic E-state index is 12.2. The van der Waals surface area contributed by atoms with E-state index in [9.17, 15) is 4.79 Å². The normalized spacial score (nSPS) is 10.1. The van der Waals surface area contributed by atoms with Gasteiger partial charge < -0.3 is 10.1 Å². The molecule has 1 heterocycles. The van der Waals surface area contributed by atoms with Crippen molar-refractivity contribution in [2.24, 2.45) is 0 Å². The van der Waals surface area contributed by atoms with Gasteiger partial charge in [0.2, 0.25) is 0 Å². The van der Waals surface area contributed by atoms with Crippen LogP contribution in [0.3, 0.4) is 0 Å². The molecule has 2 aromatic carbocycles. The Bertz CT molecular complexity index is 808. The van der Waals surface area contributed by atoms with Crippen molar-refractivity contribution < 1.29 is 9.53 Å². The van der Waals surface area contributed by atoms with Gasteiger partial charge in [0.05, 0.1) is 22.5 Å². The lowest BCUT2D eigenvalue weighted by Gasteiger charge is -2.09. The zero-order valence-electron chi connectivity index (χ0n) is 12.1. The average Bonchev–Trinajstić information content (AvgIpc) is 2.57. The maximum Gasteiger partial charge on any atom is 0.257 e. The zero-order chi connectivity index (χ0) is 16.1. The van der Waals surface area contributed by atoms with Crippen LogP contribution in [0.15, 0.2) is 73.1 Å². The molecule has 0 bridgehead atoms. The minimum absolute atomic E-state index is 0.297. The molecule has 23 heavy (non-hydrogen) atoms. The Morgan fingerprint density at radius 1 is 1.00 bits per heavy atom. The van der Waals surface area contributed by atoms with E-state index in [-0.39, 0.29) is 5.91 Å². The molecule has 3 aromatic rings. The number of nitrogens with one attached hydrogen (secondary N) is 1. The first kappa shape index (κ1) is 15.1. The summed E-state index contributed by atoms with van der Waals surface area (Å²) < 4.78 is 5.69. The summed E-state index contributed by atoms with van der Waals surface area (Å²) in [6.07, 6.45) is 3.21. The summed E-state index contributed by atoms with van der Waals surface area (Å²) in [5.41, 5.74) is 0.981. The van der Waals surface area contributed by atoms with Crippen LogP contribution >= 0.6 is 11.6 Å². The van der Waals surface area contributed by atoms with Crippen molar-refractivity contribution in [3.63, 3.8) is 0 Å². The van der Waals surface area contributed by atoms with E-state index in [1.807, 2.05) is 30.3 Å². The Labute approximate surface area is 138 Å². The molecule has 0 aliphatic carbocycles. The molecule has 0 atom stereocenters. The van der Waals surface area contributed by atoms with Crippen molar-refractivity contribution in [3.05, 3.63) is 83.6 Å². The van der Waals surface area contributed by atoms with Gasteiger partial charge in [0.25, 0.3) is 5.91 Å². The molecule has 5 heteroatoms. The first-order chi connectivity index (χ1) is 11.2. The summed E-state index contributed by atoms with van der Waals surface area (Å²) in [6.45, 7) is 0. The van der Waals surface area contributed by atoms with E-state index in [2.05, 4.69) is 10.3 Å². The third-order valence-corrected chi connectivity index (χ3v) is 3.40. The van der Waals surface area contributed by atoms with Crippen LogP contribution in [0, 0.1) is 0 Å². The van der Waals surface area contributed by atoms with Crippen LogP contribution in [0.25, 0.3) is 0 Å². The fraction of sp³-hybridized carbons (Fsp3) is 0. The highest BCUT2D eigenvalue weighted by Crippen LogP contribution is 2.27. The van der Waals surface area contributed by atoms with E-state index < -0.39 is 0 Å². The summed E-state index contributed by atoms with van der Waals surface area (Å²) in [6, 6.07) is 17.8. The molecule has 1 N–H and O–H groups in total. The quantitative estimate of drug-likeness (QED) is 0.751. The Kier molecular flexibility index (Phi) is 4.54. The van der Waals surface area contributed by atoms with Gasteiger partial charge in [-0.05, 0) is 36.4 Å². The maximum absolute atomic E-state index is 12.2. The van der Waals surface area contributed by atoms with E-state index in [1.54, 1.807) is 42.7 Å². The third kappa shape index (κ3) is 3.87. The van der Waals surface area contributed by atoms with E-state index in [0.717, 1.165) is 0 Å². The smallest absolute Gasteiger partial charge is 0.257 e. The van der Waals surface area contributed by atoms with Crippen molar-refractivity contribution in [1.29, 1.82) is 0 Å². The number of para-hydroxylation sites is 1. The van der Waals surface area contributed by atoms with Crippen LogP contribution in [-0.2, 0) is 0 Å². The molecular formula is C18H13ClN2O2. The van der Waals surface area contributed by atoms with Crippen molar-refractivity contribution in [1.82, 2.24) is 4.98 Å². The lowest BCUT2D eigenvalue weighted by atomic mass is 10.2. The van der Waals surface area contributed by atoms with Gasteiger partial charge in [-0.15, -0.1) is 0 Å². The molecule has 3 rings (SSSR count). The number of nitrogens with zero attached hydrogens (tertiary/aromatic N) is 1. The number of benzene rings is 2. The van der Waals surface area contributed by atoms with E-state index in [0.29, 0.717) is 27.8 Å². The van der Waals surface area contributed by atoms with Crippen LogP contribution in [0.4, 0.5) is 5.69 Å². The van der Waals surface area contributed by atoms with Crippen LogP contribution in [0.1, 0.15) is 10.4 Å². The Hall–Kier alpha value is -2.85. The number of carbonyl (C=O) groups excluding carboxylic acids is 1. The molecule has 0 aliphatic heterocycles. The van der Waals surface area contributed by atoms with Crippen LogP contribution in [-0.4, -0.2) is 10.9 Å². The van der Waals surface area contributed by atoms with Crippen molar-refractivity contribution in [2.75, 3.05) is 5.32 Å². The van der Waals surface area contributed by atoms with Gasteiger partial charge in [-0.2, -0.15) is 0 Å². The molecule has 0 aliphatic rings. The molecule has 0 radical (unpaired) electrons. The summed E-state index contributed by atoms with van der Waals surface area (Å²) >= 11 is 6.20. The Balaban J connectivity index is 1.75. The largest absolute Gasteiger partial charge is 0.457 e. The number of pyridine rings is 1. The number of hydrogen-bond acceptors (Lipinski definition) is 3. The van der Waals surface area contributed by atoms with Gasteiger partial charge in [0, 0.05) is 12.3 Å². The molecule has 0 fully saturated rings. The van der Waals surface area contributed by atoms with Gasteiger partial charge in [0.1, 0.15) is 11.5 Å². The van der Waals surface area contributed by atoms with Gasteiger partial charge >= 0.3 is 0 Å². The van der Waals surface area contributed by atoms with Crippen molar-refractivity contribution in [2.45, 2.75) is 0 Å². The first-order valence-corrected chi connectivity index (χ1v) is 7.34. The molecule has 0 saturated heterocycles. The first-order valence-electron chi connectivity index (χ1n) is 6.96. The molecule has 0 unspecified atom stereocenters. The number of ether oxygens (including phenoxy) is 1. The number of hydrogen-bond donors (Lipinski definition) is 1. The predicted octanol–water partition coefficient (Wildman–Crippen LogP) is 4.78. The van der Waals surface area contributed by atoms with Gasteiger partial charge in [-0.25, -0.2) is 0 Å². The number of halogens is 1. The predicted molar refractivity (Wildman–Crippen MR) is 90.2 cm³/mol. The topological polar surface area (TPSA) is 51.2 Å². The SMILES string of the molecule is O=C(Nc1cccnc1)c1ccc(Oc2ccccc2)cc1Cl. The molecule has 1 aromatic heterocycles. The van der Waals surface area contributed by atoms with Crippen LogP contribution in [0.2, 0.25) is 5.02 Å². The second kappa shape index (κ2) is 6.94. The minimum atomic E-state index is -0.297. The zero-order valence-corrected chi connectivity index (χ0v) is 12.8. The number of anilines is 1. The Morgan fingerprint density at radius 2 is 1.83 bits per heavy atom. The summed E-state index contributed by atoms with van der Waals surface area (Å²) in [4.78, 5) is 16.2. The molecule has 0 saturated carbocycles. The lowest BCUT2D eigenvalue weighted by Crippen LogP contribution is -2.12. The summed E-state index contributed by atoms with van der Waals surface area (Å²) in [5, 5.41) is 3.06. The van der Waals surface area contributed by atoms with E-state index in [4.69, 9.17) is 16.3 Å². The highest BCUT2D eigenvalue weighted by Gasteiger charge is 2.12. The van der Waals surface area contributed by atoms with Gasteiger partial charge in [0.15, 0.2) is 0 Å². The number of amides is 1. The molecule has 1 amide bonds. The average molecular weight is 325 g/mol. The van der Waals surface area contributed by atoms with Crippen molar-refractivity contribution >= 4 is 23.2 Å². The van der Waals surface area contributed by atoms with Gasteiger partial charge in [-0.3, -0.25) is 9.78 Å². The second-order valence-electron chi connectivity index (χ2n) is 4.75. The molecular weight excluding hydrogens is 312 g/mol. The van der Waals surface area contributed by atoms with Crippen LogP contribution < -0.4 is 10.1 Å².